The van der Waals surface area contributed by atoms with E-state index in [0.717, 1.165) is 29.9 Å². The standard InChI is InChI=1S/C18H24N2O2S/c1-5-20(6-2)17-9-7-8-14(4)18(17)23(21,22)15-11-10-13(3)16(19)12-15/h7-12H,5-6,19H2,1-4H3. The lowest BCUT2D eigenvalue weighted by Crippen LogP contribution is -2.24. The first-order valence-electron chi connectivity index (χ1n) is 7.78. The highest BCUT2D eigenvalue weighted by atomic mass is 32.2. The molecule has 0 spiro atoms. The first kappa shape index (κ1) is 17.3. The summed E-state index contributed by atoms with van der Waals surface area (Å²) >= 11 is 0. The SMILES string of the molecule is CCN(CC)c1cccc(C)c1S(=O)(=O)c1ccc(C)c(N)c1. The summed E-state index contributed by atoms with van der Waals surface area (Å²) in [4.78, 5) is 2.66. The van der Waals surface area contributed by atoms with Crippen LogP contribution >= 0.6 is 0 Å². The molecule has 124 valence electrons. The molecule has 0 saturated heterocycles. The normalized spacial score (nSPS) is 11.5. The van der Waals surface area contributed by atoms with Crippen LogP contribution in [0.5, 0.6) is 0 Å². The van der Waals surface area contributed by atoms with E-state index in [0.29, 0.717) is 10.6 Å². The zero-order chi connectivity index (χ0) is 17.2. The van der Waals surface area contributed by atoms with Crippen LogP contribution in [0.15, 0.2) is 46.2 Å². The van der Waals surface area contributed by atoms with Gasteiger partial charge in [-0.3, -0.25) is 0 Å². The number of aryl methyl sites for hydroxylation is 2. The second kappa shape index (κ2) is 6.62. The fraction of sp³-hybridized carbons (Fsp3) is 0.333. The lowest BCUT2D eigenvalue weighted by molar-refractivity contribution is 0.595. The van der Waals surface area contributed by atoms with Crippen LogP contribution in [0.1, 0.15) is 25.0 Å². The van der Waals surface area contributed by atoms with Gasteiger partial charge in [-0.1, -0.05) is 18.2 Å². The van der Waals surface area contributed by atoms with E-state index in [1.165, 1.54) is 0 Å². The molecule has 0 bridgehead atoms. The van der Waals surface area contributed by atoms with Crippen molar-refractivity contribution in [2.75, 3.05) is 23.7 Å². The van der Waals surface area contributed by atoms with Gasteiger partial charge in [-0.2, -0.15) is 0 Å². The predicted molar refractivity (Wildman–Crippen MR) is 95.8 cm³/mol. The van der Waals surface area contributed by atoms with Crippen molar-refractivity contribution in [1.82, 2.24) is 0 Å². The Kier molecular flexibility index (Phi) is 5.00. The molecular formula is C18H24N2O2S. The molecule has 4 nitrogen and oxygen atoms in total. The molecule has 0 atom stereocenters. The molecule has 5 heteroatoms. The molecule has 0 amide bonds. The number of nitrogen functional groups attached to an aromatic ring is 1. The predicted octanol–water partition coefficient (Wildman–Crippen LogP) is 3.56. The van der Waals surface area contributed by atoms with E-state index in [1.54, 1.807) is 18.2 Å². The van der Waals surface area contributed by atoms with E-state index in [9.17, 15) is 8.42 Å². The number of nitrogens with two attached hydrogens (primary N) is 1. The first-order chi connectivity index (χ1) is 10.8. The van der Waals surface area contributed by atoms with Gasteiger partial charge in [0.05, 0.1) is 15.5 Å². The van der Waals surface area contributed by atoms with Crippen molar-refractivity contribution in [2.24, 2.45) is 0 Å². The molecule has 0 heterocycles. The highest BCUT2D eigenvalue weighted by molar-refractivity contribution is 7.91. The Morgan fingerprint density at radius 2 is 1.65 bits per heavy atom. The maximum Gasteiger partial charge on any atom is 0.208 e. The molecule has 0 saturated carbocycles. The molecular weight excluding hydrogens is 308 g/mol. The topological polar surface area (TPSA) is 63.4 Å². The molecule has 0 fully saturated rings. The molecule has 23 heavy (non-hydrogen) atoms. The summed E-state index contributed by atoms with van der Waals surface area (Å²) in [5.74, 6) is 0. The van der Waals surface area contributed by atoms with Crippen LogP contribution in [0, 0.1) is 13.8 Å². The van der Waals surface area contributed by atoms with Crippen LogP contribution in [0.3, 0.4) is 0 Å². The average Bonchev–Trinajstić information content (AvgIpc) is 2.51. The van der Waals surface area contributed by atoms with Crippen LogP contribution < -0.4 is 10.6 Å². The summed E-state index contributed by atoms with van der Waals surface area (Å²) in [5, 5.41) is 0. The van der Waals surface area contributed by atoms with Crippen molar-refractivity contribution < 1.29 is 8.42 Å². The highest BCUT2D eigenvalue weighted by Gasteiger charge is 2.25. The Balaban J connectivity index is 2.71. The van der Waals surface area contributed by atoms with Crippen LogP contribution in [-0.2, 0) is 9.84 Å². The molecule has 2 aromatic rings. The molecule has 2 rings (SSSR count). The minimum atomic E-state index is -3.63. The van der Waals surface area contributed by atoms with Gasteiger partial charge in [0.1, 0.15) is 0 Å². The fourth-order valence-electron chi connectivity index (χ4n) is 2.70. The monoisotopic (exact) mass is 332 g/mol. The second-order valence-electron chi connectivity index (χ2n) is 5.62. The number of nitrogens with zero attached hydrogens (tertiary/aromatic N) is 1. The van der Waals surface area contributed by atoms with Gasteiger partial charge in [-0.25, -0.2) is 8.42 Å². The van der Waals surface area contributed by atoms with Gasteiger partial charge in [0.25, 0.3) is 0 Å². The van der Waals surface area contributed by atoms with Crippen molar-refractivity contribution in [1.29, 1.82) is 0 Å². The minimum absolute atomic E-state index is 0.239. The third kappa shape index (κ3) is 3.20. The molecule has 0 aliphatic carbocycles. The molecule has 0 unspecified atom stereocenters. The lowest BCUT2D eigenvalue weighted by atomic mass is 10.2. The number of sulfone groups is 1. The van der Waals surface area contributed by atoms with Gasteiger partial charge in [-0.05, 0) is 57.0 Å². The highest BCUT2D eigenvalue weighted by Crippen LogP contribution is 2.34. The maximum atomic E-state index is 13.2. The van der Waals surface area contributed by atoms with E-state index in [4.69, 9.17) is 5.73 Å². The number of anilines is 2. The van der Waals surface area contributed by atoms with Crippen molar-refractivity contribution >= 4 is 21.2 Å². The van der Waals surface area contributed by atoms with Gasteiger partial charge in [0.2, 0.25) is 9.84 Å². The van der Waals surface area contributed by atoms with E-state index in [-0.39, 0.29) is 4.90 Å². The summed E-state index contributed by atoms with van der Waals surface area (Å²) in [6.45, 7) is 9.23. The molecule has 0 aliphatic heterocycles. The largest absolute Gasteiger partial charge is 0.398 e. The summed E-state index contributed by atoms with van der Waals surface area (Å²) in [6, 6.07) is 10.5. The van der Waals surface area contributed by atoms with Crippen LogP contribution in [0.2, 0.25) is 0 Å². The van der Waals surface area contributed by atoms with Crippen molar-refractivity contribution in [3.8, 4) is 0 Å². The second-order valence-corrected chi connectivity index (χ2v) is 7.50. The van der Waals surface area contributed by atoms with E-state index in [1.807, 2.05) is 45.9 Å². The Hall–Kier alpha value is -2.01. The Bertz CT molecular complexity index is 810. The summed E-state index contributed by atoms with van der Waals surface area (Å²) in [7, 11) is -3.63. The van der Waals surface area contributed by atoms with E-state index < -0.39 is 9.84 Å². The molecule has 0 aliphatic rings. The van der Waals surface area contributed by atoms with Crippen molar-refractivity contribution in [2.45, 2.75) is 37.5 Å². The maximum absolute atomic E-state index is 13.2. The quantitative estimate of drug-likeness (QED) is 0.850. The third-order valence-corrected chi connectivity index (χ3v) is 6.07. The van der Waals surface area contributed by atoms with Crippen LogP contribution in [0.25, 0.3) is 0 Å². The Morgan fingerprint density at radius 1 is 1.00 bits per heavy atom. The van der Waals surface area contributed by atoms with Gasteiger partial charge >= 0.3 is 0 Å². The van der Waals surface area contributed by atoms with E-state index in [2.05, 4.69) is 4.90 Å². The van der Waals surface area contributed by atoms with Gasteiger partial charge in [0.15, 0.2) is 0 Å². The van der Waals surface area contributed by atoms with Crippen molar-refractivity contribution in [3.05, 3.63) is 47.5 Å². The Labute approximate surface area is 138 Å². The average molecular weight is 332 g/mol. The molecule has 0 radical (unpaired) electrons. The zero-order valence-electron chi connectivity index (χ0n) is 14.1. The van der Waals surface area contributed by atoms with Gasteiger partial charge in [0, 0.05) is 18.8 Å². The minimum Gasteiger partial charge on any atom is -0.398 e. The molecule has 0 aromatic heterocycles. The lowest BCUT2D eigenvalue weighted by Gasteiger charge is -2.25. The van der Waals surface area contributed by atoms with Gasteiger partial charge < -0.3 is 10.6 Å². The van der Waals surface area contributed by atoms with Crippen molar-refractivity contribution in [3.63, 3.8) is 0 Å². The number of rotatable bonds is 5. The van der Waals surface area contributed by atoms with Crippen LogP contribution in [0.4, 0.5) is 11.4 Å². The molecule has 2 aromatic carbocycles. The summed E-state index contributed by atoms with van der Waals surface area (Å²) < 4.78 is 26.4. The fourth-order valence-corrected chi connectivity index (χ4v) is 4.43. The Morgan fingerprint density at radius 3 is 2.22 bits per heavy atom. The van der Waals surface area contributed by atoms with E-state index >= 15 is 0 Å². The smallest absolute Gasteiger partial charge is 0.208 e. The summed E-state index contributed by atoms with van der Waals surface area (Å²) in [6.07, 6.45) is 0. The number of hydrogen-bond donors (Lipinski definition) is 1. The number of hydrogen-bond acceptors (Lipinski definition) is 4. The first-order valence-corrected chi connectivity index (χ1v) is 9.27. The summed E-state index contributed by atoms with van der Waals surface area (Å²) in [5.41, 5.74) is 8.76. The van der Waals surface area contributed by atoms with Crippen LogP contribution in [-0.4, -0.2) is 21.5 Å². The third-order valence-electron chi connectivity index (χ3n) is 4.12. The zero-order valence-corrected chi connectivity index (χ0v) is 14.9. The van der Waals surface area contributed by atoms with Gasteiger partial charge in [-0.15, -0.1) is 0 Å². The molecule has 2 N–H and O–H groups in total. The number of benzene rings is 2.